The third-order valence-corrected chi connectivity index (χ3v) is 11.8. The van der Waals surface area contributed by atoms with Gasteiger partial charge in [0.05, 0.1) is 45.6 Å². The van der Waals surface area contributed by atoms with Gasteiger partial charge in [0, 0.05) is 50.2 Å². The van der Waals surface area contributed by atoms with E-state index in [2.05, 4.69) is 95.8 Å². The Bertz CT molecular complexity index is 2960. The maximum Gasteiger partial charge on any atom is 0.147 e. The van der Waals surface area contributed by atoms with Crippen LogP contribution < -0.4 is 9.47 Å². The molecule has 2 atom stereocenters. The molecule has 0 spiro atoms. The summed E-state index contributed by atoms with van der Waals surface area (Å²) in [5.41, 5.74) is 10.6. The number of aryl methyl sites for hydroxylation is 2. The fourth-order valence-corrected chi connectivity index (χ4v) is 9.22. The summed E-state index contributed by atoms with van der Waals surface area (Å²) in [5, 5.41) is 28.8. The number of benzene rings is 8. The number of phenolic OH excluding ortho intramolecular Hbond substituents is 2. The lowest BCUT2D eigenvalue weighted by molar-refractivity contribution is 0.131. The van der Waals surface area contributed by atoms with Crippen molar-refractivity contribution in [3.05, 3.63) is 181 Å². The summed E-state index contributed by atoms with van der Waals surface area (Å²) in [4.78, 5) is 0. The van der Waals surface area contributed by atoms with E-state index >= 15 is 0 Å². The molecule has 0 radical (unpaired) electrons. The lowest BCUT2D eigenvalue weighted by Crippen LogP contribution is -2.23. The average molecular weight is 799 g/mol. The Kier molecular flexibility index (Phi) is 9.48. The zero-order chi connectivity index (χ0) is 41.8. The number of fused-ring (bicyclic) bond motifs is 6. The van der Waals surface area contributed by atoms with Gasteiger partial charge in [-0.25, -0.2) is 0 Å². The van der Waals surface area contributed by atoms with Crippen LogP contribution in [0.2, 0.25) is 0 Å². The number of phenols is 2. The second-order valence-corrected chi connectivity index (χ2v) is 16.2. The summed E-state index contributed by atoms with van der Waals surface area (Å²) >= 11 is 0. The highest BCUT2D eigenvalue weighted by molar-refractivity contribution is 6.10. The smallest absolute Gasteiger partial charge is 0.147 e. The first-order chi connectivity index (χ1) is 29.7. The Labute approximate surface area is 355 Å². The number of hydrogen-bond donors (Lipinski definition) is 2. The van der Waals surface area contributed by atoms with E-state index in [0.717, 1.165) is 77.2 Å². The molecule has 10 aromatic rings. The van der Waals surface area contributed by atoms with E-state index in [1.807, 2.05) is 111 Å². The van der Waals surface area contributed by atoms with Crippen molar-refractivity contribution in [2.45, 2.75) is 46.3 Å². The highest BCUT2D eigenvalue weighted by Gasteiger charge is 2.23. The average Bonchev–Trinajstić information content (AvgIpc) is 3.78. The molecule has 61 heavy (non-hydrogen) atoms. The monoisotopic (exact) mass is 798 g/mol. The van der Waals surface area contributed by atoms with E-state index in [1.165, 1.54) is 0 Å². The number of hydrogen-bond acceptors (Lipinski definition) is 4. The molecule has 0 aliphatic rings. The topological polar surface area (TPSA) is 68.8 Å². The van der Waals surface area contributed by atoms with Gasteiger partial charge in [0.25, 0.3) is 0 Å². The standard InChI is InChI=1S/C55H46N2O4/c1-34-29-44(54(58)50(31-34)56-46-23-11-5-17-38(46)39-18-6-12-24-47(39)56)42-21-9-15-27-52(42)60-36(3)33-37(4)61-53-28-16-10-22-43(53)45-30-35(2)32-51(55(45)59)57-48-25-13-7-19-40(48)41-20-8-14-26-49(41)57/h5-32,36-37,58-59H,33H2,1-4H3/t36-,37+. The quantitative estimate of drug-likeness (QED) is 0.145. The van der Waals surface area contributed by atoms with Crippen LogP contribution in [0.3, 0.4) is 0 Å². The molecule has 0 saturated carbocycles. The third kappa shape index (κ3) is 6.61. The highest BCUT2D eigenvalue weighted by atomic mass is 16.5. The first-order valence-corrected chi connectivity index (χ1v) is 20.9. The van der Waals surface area contributed by atoms with Gasteiger partial charge in [-0.1, -0.05) is 109 Å². The number of nitrogens with zero attached hydrogens (tertiary/aromatic N) is 2. The number of para-hydroxylation sites is 6. The normalized spacial score (nSPS) is 12.7. The summed E-state index contributed by atoms with van der Waals surface area (Å²) in [6, 6.07) is 57.2. The molecule has 0 unspecified atom stereocenters. The number of rotatable bonds is 10. The van der Waals surface area contributed by atoms with Crippen LogP contribution in [0.1, 0.15) is 31.4 Å². The van der Waals surface area contributed by atoms with Gasteiger partial charge in [-0.15, -0.1) is 0 Å². The van der Waals surface area contributed by atoms with Gasteiger partial charge in [0.15, 0.2) is 0 Å². The zero-order valence-corrected chi connectivity index (χ0v) is 34.6. The molecule has 0 aliphatic heterocycles. The number of aromatic hydroxyl groups is 2. The molecular weight excluding hydrogens is 753 g/mol. The summed E-state index contributed by atoms with van der Waals surface area (Å²) in [6.07, 6.45) is 0.115. The van der Waals surface area contributed by atoms with Crippen LogP contribution in [-0.2, 0) is 0 Å². The van der Waals surface area contributed by atoms with Gasteiger partial charge in [-0.05, 0) is 99.5 Å². The second-order valence-electron chi connectivity index (χ2n) is 16.2. The van der Waals surface area contributed by atoms with Crippen molar-refractivity contribution < 1.29 is 19.7 Å². The molecule has 8 aromatic carbocycles. The van der Waals surface area contributed by atoms with Gasteiger partial charge in [0.2, 0.25) is 0 Å². The Morgan fingerprint density at radius 2 is 0.721 bits per heavy atom. The van der Waals surface area contributed by atoms with Gasteiger partial charge >= 0.3 is 0 Å². The zero-order valence-electron chi connectivity index (χ0n) is 34.6. The van der Waals surface area contributed by atoms with Crippen LogP contribution in [-0.4, -0.2) is 31.6 Å². The van der Waals surface area contributed by atoms with Crippen LogP contribution in [0.5, 0.6) is 23.0 Å². The van der Waals surface area contributed by atoms with Crippen molar-refractivity contribution in [2.24, 2.45) is 0 Å². The van der Waals surface area contributed by atoms with Gasteiger partial charge in [-0.3, -0.25) is 0 Å². The number of aromatic nitrogens is 2. The molecule has 0 bridgehead atoms. The molecule has 0 saturated heterocycles. The van der Waals surface area contributed by atoms with E-state index in [9.17, 15) is 10.2 Å². The highest BCUT2D eigenvalue weighted by Crippen LogP contribution is 2.45. The van der Waals surface area contributed by atoms with E-state index in [0.29, 0.717) is 29.0 Å². The molecule has 6 heteroatoms. The van der Waals surface area contributed by atoms with Gasteiger partial charge in [0.1, 0.15) is 23.0 Å². The Morgan fingerprint density at radius 3 is 1.08 bits per heavy atom. The van der Waals surface area contributed by atoms with Crippen LogP contribution in [0.4, 0.5) is 0 Å². The van der Waals surface area contributed by atoms with Crippen molar-refractivity contribution in [1.29, 1.82) is 0 Å². The molecule has 300 valence electrons. The minimum absolute atomic E-state index is 0.190. The fourth-order valence-electron chi connectivity index (χ4n) is 9.22. The largest absolute Gasteiger partial charge is 0.505 e. The fraction of sp³-hybridized carbons (Fsp3) is 0.127. The minimum atomic E-state index is -0.235. The predicted octanol–water partition coefficient (Wildman–Crippen LogP) is 13.9. The molecule has 0 aliphatic carbocycles. The Morgan fingerprint density at radius 1 is 0.410 bits per heavy atom. The minimum Gasteiger partial charge on any atom is -0.505 e. The lowest BCUT2D eigenvalue weighted by Gasteiger charge is -2.24. The molecule has 10 rings (SSSR count). The van der Waals surface area contributed by atoms with Crippen LogP contribution >= 0.6 is 0 Å². The van der Waals surface area contributed by atoms with Crippen molar-refractivity contribution in [2.75, 3.05) is 0 Å². The van der Waals surface area contributed by atoms with Crippen molar-refractivity contribution in [3.8, 4) is 56.6 Å². The number of ether oxygens (including phenoxy) is 2. The molecule has 2 heterocycles. The van der Waals surface area contributed by atoms with Gasteiger partial charge < -0.3 is 28.8 Å². The Balaban J connectivity index is 0.936. The first kappa shape index (κ1) is 37.8. The predicted molar refractivity (Wildman–Crippen MR) is 250 cm³/mol. The van der Waals surface area contributed by atoms with Crippen molar-refractivity contribution >= 4 is 43.6 Å². The molecule has 0 fully saturated rings. The second kappa shape index (κ2) is 15.3. The summed E-state index contributed by atoms with van der Waals surface area (Å²) in [6.45, 7) is 8.22. The van der Waals surface area contributed by atoms with E-state index in [4.69, 9.17) is 9.47 Å². The lowest BCUT2D eigenvalue weighted by atomic mass is 9.99. The van der Waals surface area contributed by atoms with Crippen molar-refractivity contribution in [1.82, 2.24) is 9.13 Å². The van der Waals surface area contributed by atoms with E-state index in [-0.39, 0.29) is 23.7 Å². The molecule has 2 N–H and O–H groups in total. The maximum absolute atomic E-state index is 12.1. The molecule has 6 nitrogen and oxygen atoms in total. The van der Waals surface area contributed by atoms with Gasteiger partial charge in [-0.2, -0.15) is 0 Å². The summed E-state index contributed by atoms with van der Waals surface area (Å²) in [5.74, 6) is 1.74. The maximum atomic E-state index is 12.1. The third-order valence-electron chi connectivity index (χ3n) is 11.8. The van der Waals surface area contributed by atoms with E-state index in [1.54, 1.807) is 0 Å². The van der Waals surface area contributed by atoms with Crippen LogP contribution in [0, 0.1) is 13.8 Å². The van der Waals surface area contributed by atoms with Crippen LogP contribution in [0.15, 0.2) is 170 Å². The van der Waals surface area contributed by atoms with Crippen LogP contribution in [0.25, 0.3) is 77.2 Å². The first-order valence-electron chi connectivity index (χ1n) is 20.9. The molecule has 0 amide bonds. The van der Waals surface area contributed by atoms with Crippen molar-refractivity contribution in [3.63, 3.8) is 0 Å². The summed E-state index contributed by atoms with van der Waals surface area (Å²) < 4.78 is 17.7. The SMILES string of the molecule is Cc1cc(-c2ccccc2O[C@H](C)C[C@H](C)Oc2ccccc2-c2cc(C)cc(-n3c4ccccc4c4ccccc43)c2O)c(O)c(-n2c3ccccc3c3ccccc32)c1. The molecule has 2 aromatic heterocycles. The summed E-state index contributed by atoms with van der Waals surface area (Å²) in [7, 11) is 0. The molecular formula is C55H46N2O4. The van der Waals surface area contributed by atoms with E-state index < -0.39 is 0 Å². The Hall–Kier alpha value is -7.44.